The van der Waals surface area contributed by atoms with Crippen LogP contribution in [0.4, 0.5) is 11.4 Å². The summed E-state index contributed by atoms with van der Waals surface area (Å²) in [6.07, 6.45) is 3.66. The number of aliphatic imine (C=N–C) groups is 2. The van der Waals surface area contributed by atoms with E-state index in [1.807, 2.05) is 24.6 Å². The van der Waals surface area contributed by atoms with Gasteiger partial charge in [0.2, 0.25) is 0 Å². The Kier molecular flexibility index (Phi) is 18.6. The van der Waals surface area contributed by atoms with Gasteiger partial charge in [0.25, 0.3) is 0 Å². The van der Waals surface area contributed by atoms with Crippen LogP contribution in [0.15, 0.2) is 46.4 Å². The zero-order chi connectivity index (χ0) is 27.4. The second-order valence-electron chi connectivity index (χ2n) is 11.4. The van der Waals surface area contributed by atoms with Crippen molar-refractivity contribution < 1.29 is 54.3 Å². The Bertz CT molecular complexity index is 1180. The summed E-state index contributed by atoms with van der Waals surface area (Å²) in [6, 6.07) is 12.7. The number of aromatic nitrogens is 1. The van der Waals surface area contributed by atoms with Crippen LogP contribution in [0.1, 0.15) is 124 Å². The van der Waals surface area contributed by atoms with Crippen molar-refractivity contribution >= 4 is 35.4 Å². The Morgan fingerprint density at radius 3 is 1.07 bits per heavy atom. The molecule has 8 heteroatoms. The molecule has 0 amide bonds. The van der Waals surface area contributed by atoms with E-state index in [1.165, 1.54) is 33.4 Å². The van der Waals surface area contributed by atoms with E-state index in [9.17, 15) is 0 Å². The second kappa shape index (κ2) is 18.3. The molecule has 3 nitrogen and oxygen atoms in total. The van der Waals surface area contributed by atoms with Crippen molar-refractivity contribution in [1.82, 2.24) is 4.98 Å². The molecule has 0 aliphatic carbocycles. The first-order chi connectivity index (χ1) is 17.4. The Morgan fingerprint density at radius 2 is 0.829 bits per heavy atom. The quantitative estimate of drug-likeness (QED) is 0.262. The standard InChI is InChI=1S/C33H42ClN3.3ClH.Fe/c1-19(2)28-11-23(9)12-29(20(3)4)32(28)35-17-26-15-25(34)16-27(37-26)18-36-33-30(21(5)6)13-24(10)14-31(33)22(7)8;;;;/h11-22H,1-10H3;3*1H;/q;;;;+3/p-3. The number of halogens is 4. The van der Waals surface area contributed by atoms with Crippen molar-refractivity contribution in [2.75, 3.05) is 0 Å². The first-order valence-corrected chi connectivity index (χ1v) is 13.8. The van der Waals surface area contributed by atoms with Gasteiger partial charge in [0.05, 0.1) is 35.2 Å². The van der Waals surface area contributed by atoms with Gasteiger partial charge >= 0.3 is 17.1 Å². The molecule has 0 aliphatic heterocycles. The van der Waals surface area contributed by atoms with Gasteiger partial charge in [-0.1, -0.05) is 102 Å². The minimum Gasteiger partial charge on any atom is -1.00 e. The molecule has 0 unspecified atom stereocenters. The van der Waals surface area contributed by atoms with E-state index in [4.69, 9.17) is 26.6 Å². The van der Waals surface area contributed by atoms with Crippen LogP contribution in [-0.4, -0.2) is 17.4 Å². The molecule has 3 aromatic rings. The molecule has 1 heterocycles. The predicted octanol–water partition coefficient (Wildman–Crippen LogP) is 1.36. The maximum absolute atomic E-state index is 6.52. The topological polar surface area (TPSA) is 37.6 Å². The average molecular weight is 678 g/mol. The third-order valence-corrected chi connectivity index (χ3v) is 6.81. The molecule has 0 aliphatic rings. The van der Waals surface area contributed by atoms with Crippen LogP contribution >= 0.6 is 11.6 Å². The molecular formula is C33H42Cl4FeN3. The van der Waals surface area contributed by atoms with E-state index in [0.717, 1.165) is 22.8 Å². The summed E-state index contributed by atoms with van der Waals surface area (Å²) in [7, 11) is 0. The molecule has 1 aromatic heterocycles. The van der Waals surface area contributed by atoms with Crippen molar-refractivity contribution in [2.45, 2.75) is 92.9 Å². The van der Waals surface area contributed by atoms with Crippen LogP contribution < -0.4 is 37.2 Å². The molecule has 225 valence electrons. The first kappa shape index (κ1) is 41.7. The number of benzene rings is 2. The molecule has 0 atom stereocenters. The average Bonchev–Trinajstić information content (AvgIpc) is 2.80. The van der Waals surface area contributed by atoms with E-state index < -0.39 is 0 Å². The minimum absolute atomic E-state index is 0. The Morgan fingerprint density at radius 1 is 0.561 bits per heavy atom. The third kappa shape index (κ3) is 11.0. The molecule has 0 N–H and O–H groups in total. The molecule has 1 radical (unpaired) electrons. The van der Waals surface area contributed by atoms with Crippen molar-refractivity contribution in [2.24, 2.45) is 9.98 Å². The van der Waals surface area contributed by atoms with Gasteiger partial charge in [0.15, 0.2) is 0 Å². The minimum atomic E-state index is 0. The zero-order valence-corrected chi connectivity index (χ0v) is 29.8. The fraction of sp³-hybridized carbons (Fsp3) is 0.424. The van der Waals surface area contributed by atoms with Gasteiger partial charge in [0, 0.05) is 5.02 Å². The summed E-state index contributed by atoms with van der Waals surface area (Å²) in [6.45, 7) is 22.0. The third-order valence-electron chi connectivity index (χ3n) is 6.60. The number of nitrogens with zero attached hydrogens (tertiary/aromatic N) is 3. The number of aryl methyl sites for hydroxylation is 2. The Hall–Kier alpha value is -1.39. The van der Waals surface area contributed by atoms with Gasteiger partial charge < -0.3 is 37.2 Å². The van der Waals surface area contributed by atoms with Crippen LogP contribution in [0.25, 0.3) is 0 Å². The van der Waals surface area contributed by atoms with Gasteiger partial charge in [0.1, 0.15) is 0 Å². The summed E-state index contributed by atoms with van der Waals surface area (Å²) >= 11 is 6.52. The fourth-order valence-corrected chi connectivity index (χ4v) is 4.88. The summed E-state index contributed by atoms with van der Waals surface area (Å²) in [5, 5.41) is 0.618. The van der Waals surface area contributed by atoms with Crippen molar-refractivity contribution in [3.63, 3.8) is 0 Å². The largest absolute Gasteiger partial charge is 3.00 e. The van der Waals surface area contributed by atoms with Crippen molar-refractivity contribution in [3.8, 4) is 0 Å². The zero-order valence-electron chi connectivity index (χ0n) is 25.6. The molecular weight excluding hydrogens is 636 g/mol. The Balaban J connectivity index is 0. The maximum atomic E-state index is 6.52. The molecule has 2 aromatic carbocycles. The van der Waals surface area contributed by atoms with Gasteiger partial charge in [-0.05, 0) is 71.9 Å². The van der Waals surface area contributed by atoms with Crippen LogP contribution in [0.2, 0.25) is 5.02 Å². The molecule has 0 fully saturated rings. The molecule has 0 saturated heterocycles. The molecule has 41 heavy (non-hydrogen) atoms. The predicted molar refractivity (Wildman–Crippen MR) is 162 cm³/mol. The SMILES string of the molecule is Cc1cc(C(C)C)c(N=Cc2cc(Cl)cc(C=Nc3c(C(C)C)cc(C)cc3C(C)C)n2)c(C(C)C)c1.[Cl-].[Cl-].[Cl-].[Fe+3]. The normalized spacial score (nSPS) is 11.2. The number of rotatable bonds is 8. The summed E-state index contributed by atoms with van der Waals surface area (Å²) < 4.78 is 0. The number of hydrogen-bond donors (Lipinski definition) is 0. The second-order valence-corrected chi connectivity index (χ2v) is 11.8. The van der Waals surface area contributed by atoms with Crippen LogP contribution in [0, 0.1) is 13.8 Å². The molecule has 0 spiro atoms. The fourth-order valence-electron chi connectivity index (χ4n) is 4.66. The van der Waals surface area contributed by atoms with E-state index in [-0.39, 0.29) is 54.3 Å². The van der Waals surface area contributed by atoms with E-state index in [2.05, 4.69) is 93.5 Å². The van der Waals surface area contributed by atoms with E-state index in [0.29, 0.717) is 28.7 Å². The number of hydrogen-bond acceptors (Lipinski definition) is 3. The van der Waals surface area contributed by atoms with Gasteiger partial charge in [-0.2, -0.15) is 0 Å². The molecule has 3 rings (SSSR count). The van der Waals surface area contributed by atoms with Gasteiger partial charge in [-0.15, -0.1) is 0 Å². The summed E-state index contributed by atoms with van der Waals surface area (Å²) in [5.74, 6) is 1.50. The van der Waals surface area contributed by atoms with Crippen molar-refractivity contribution in [3.05, 3.63) is 86.2 Å². The van der Waals surface area contributed by atoms with Gasteiger partial charge in [-0.25, -0.2) is 4.98 Å². The van der Waals surface area contributed by atoms with Crippen LogP contribution in [-0.2, 0) is 17.1 Å². The van der Waals surface area contributed by atoms with E-state index >= 15 is 0 Å². The van der Waals surface area contributed by atoms with Gasteiger partial charge in [-0.3, -0.25) is 9.98 Å². The molecule has 0 bridgehead atoms. The number of pyridine rings is 1. The summed E-state index contributed by atoms with van der Waals surface area (Å²) in [5.41, 5.74) is 11.1. The Labute approximate surface area is 282 Å². The van der Waals surface area contributed by atoms with Crippen LogP contribution in [0.3, 0.4) is 0 Å². The van der Waals surface area contributed by atoms with E-state index in [1.54, 1.807) is 0 Å². The smallest absolute Gasteiger partial charge is 1.00 e. The maximum Gasteiger partial charge on any atom is 3.00 e. The van der Waals surface area contributed by atoms with Crippen LogP contribution in [0.5, 0.6) is 0 Å². The monoisotopic (exact) mass is 676 g/mol. The molecule has 0 saturated carbocycles. The van der Waals surface area contributed by atoms with Crippen molar-refractivity contribution in [1.29, 1.82) is 0 Å². The summed E-state index contributed by atoms with van der Waals surface area (Å²) in [4.78, 5) is 14.7. The first-order valence-electron chi connectivity index (χ1n) is 13.4.